The van der Waals surface area contributed by atoms with Crippen LogP contribution in [0.5, 0.6) is 0 Å². The molecule has 0 aliphatic carbocycles. The number of aromatic nitrogens is 4. The third kappa shape index (κ3) is 5.27. The Bertz CT molecular complexity index is 1170. The Kier molecular flexibility index (Phi) is 6.43. The van der Waals surface area contributed by atoms with E-state index in [1.54, 1.807) is 19.9 Å². The molecular formula is C22H26F4N8. The topological polar surface area (TPSA) is 96.1 Å². The van der Waals surface area contributed by atoms with Crippen molar-refractivity contribution in [2.24, 2.45) is 0 Å². The summed E-state index contributed by atoms with van der Waals surface area (Å²) < 4.78 is 52.7. The first-order valence-corrected chi connectivity index (χ1v) is 10.9. The van der Waals surface area contributed by atoms with Gasteiger partial charge in [0.2, 0.25) is 11.9 Å². The number of nitrogens with two attached hydrogens (primary N) is 1. The van der Waals surface area contributed by atoms with E-state index in [-0.39, 0.29) is 30.9 Å². The summed E-state index contributed by atoms with van der Waals surface area (Å²) >= 11 is 0. The number of nitrogens with one attached hydrogen (secondary N) is 1. The van der Waals surface area contributed by atoms with E-state index in [9.17, 15) is 17.6 Å². The fourth-order valence-corrected chi connectivity index (χ4v) is 4.15. The largest absolute Gasteiger partial charge is 0.401 e. The van der Waals surface area contributed by atoms with Crippen molar-refractivity contribution in [1.29, 1.82) is 0 Å². The molecule has 12 heteroatoms. The van der Waals surface area contributed by atoms with Crippen LogP contribution >= 0.6 is 0 Å². The molecular weight excluding hydrogens is 452 g/mol. The summed E-state index contributed by atoms with van der Waals surface area (Å²) in [6.07, 6.45) is -4.24. The van der Waals surface area contributed by atoms with Crippen LogP contribution < -0.4 is 16.0 Å². The summed E-state index contributed by atoms with van der Waals surface area (Å²) in [4.78, 5) is 20.5. The van der Waals surface area contributed by atoms with Crippen LogP contribution in [0.25, 0.3) is 10.9 Å². The second kappa shape index (κ2) is 9.16. The van der Waals surface area contributed by atoms with Crippen LogP contribution in [-0.4, -0.2) is 63.7 Å². The highest BCUT2D eigenvalue weighted by atomic mass is 19.4. The monoisotopic (exact) mass is 478 g/mol. The van der Waals surface area contributed by atoms with Crippen molar-refractivity contribution in [1.82, 2.24) is 24.8 Å². The number of anilines is 3. The molecule has 3 N–H and O–H groups in total. The number of aryl methyl sites for hydroxylation is 2. The first kappa shape index (κ1) is 23.9. The minimum atomic E-state index is -4.24. The summed E-state index contributed by atoms with van der Waals surface area (Å²) in [7, 11) is 0. The molecule has 1 aliphatic rings. The van der Waals surface area contributed by atoms with Gasteiger partial charge in [0, 0.05) is 42.7 Å². The van der Waals surface area contributed by atoms with Crippen LogP contribution in [0.15, 0.2) is 18.2 Å². The lowest BCUT2D eigenvalue weighted by atomic mass is 10.0. The quantitative estimate of drug-likeness (QED) is 0.537. The second-order valence-electron chi connectivity index (χ2n) is 8.45. The van der Waals surface area contributed by atoms with Gasteiger partial charge in [-0.25, -0.2) is 9.37 Å². The van der Waals surface area contributed by atoms with Gasteiger partial charge in [-0.1, -0.05) is 0 Å². The number of benzene rings is 1. The smallest absolute Gasteiger partial charge is 0.368 e. The highest BCUT2D eigenvalue weighted by molar-refractivity contribution is 5.85. The van der Waals surface area contributed by atoms with Crippen LogP contribution in [0.2, 0.25) is 0 Å². The number of halogens is 4. The van der Waals surface area contributed by atoms with E-state index in [0.29, 0.717) is 41.8 Å². The molecule has 1 aromatic carbocycles. The van der Waals surface area contributed by atoms with Crippen molar-refractivity contribution < 1.29 is 17.6 Å². The average Bonchev–Trinajstić information content (AvgIpc) is 2.74. The second-order valence-corrected chi connectivity index (χ2v) is 8.45. The molecule has 34 heavy (non-hydrogen) atoms. The standard InChI is InChI=1S/C22H26F4N8/c1-12-17(23)5-4-15-10-16(13(2)28-21-30-14(3)29-20(27)32-21)19(31-18(12)15)34-8-6-33(7-9-34)11-22(24,25)26/h4-5,10,13H,6-9,11H2,1-3H3,(H3,27,28,29,30,32). The van der Waals surface area contributed by atoms with E-state index in [4.69, 9.17) is 10.7 Å². The minimum absolute atomic E-state index is 0.0888. The number of hydrogen-bond donors (Lipinski definition) is 2. The minimum Gasteiger partial charge on any atom is -0.368 e. The fourth-order valence-electron chi connectivity index (χ4n) is 4.15. The van der Waals surface area contributed by atoms with Crippen LogP contribution in [0.1, 0.15) is 29.9 Å². The predicted octanol–water partition coefficient (Wildman–Crippen LogP) is 3.62. The van der Waals surface area contributed by atoms with Crippen molar-refractivity contribution in [3.63, 3.8) is 0 Å². The fraction of sp³-hybridized carbons (Fsp3) is 0.455. The Balaban J connectivity index is 1.69. The van der Waals surface area contributed by atoms with Crippen molar-refractivity contribution >= 4 is 28.6 Å². The summed E-state index contributed by atoms with van der Waals surface area (Å²) in [5.74, 6) is 1.08. The Hall–Kier alpha value is -3.28. The molecule has 0 radical (unpaired) electrons. The van der Waals surface area contributed by atoms with Crippen molar-refractivity contribution in [3.8, 4) is 0 Å². The molecule has 0 bridgehead atoms. The zero-order valence-electron chi connectivity index (χ0n) is 19.1. The van der Waals surface area contributed by atoms with E-state index in [1.807, 2.05) is 17.9 Å². The van der Waals surface area contributed by atoms with Gasteiger partial charge in [0.1, 0.15) is 17.5 Å². The Labute approximate surface area is 194 Å². The average molecular weight is 478 g/mol. The van der Waals surface area contributed by atoms with Crippen LogP contribution in [0.3, 0.4) is 0 Å². The van der Waals surface area contributed by atoms with Crippen LogP contribution in [-0.2, 0) is 0 Å². The van der Waals surface area contributed by atoms with Gasteiger partial charge < -0.3 is 16.0 Å². The number of hydrogen-bond acceptors (Lipinski definition) is 8. The molecule has 8 nitrogen and oxygen atoms in total. The van der Waals surface area contributed by atoms with Gasteiger partial charge in [-0.2, -0.15) is 28.1 Å². The molecule has 3 heterocycles. The Morgan fingerprint density at radius 1 is 1.06 bits per heavy atom. The molecule has 1 saturated heterocycles. The maximum Gasteiger partial charge on any atom is 0.401 e. The summed E-state index contributed by atoms with van der Waals surface area (Å²) in [5.41, 5.74) is 7.47. The molecule has 1 unspecified atom stereocenters. The number of alkyl halides is 3. The Morgan fingerprint density at radius 2 is 1.76 bits per heavy atom. The van der Waals surface area contributed by atoms with E-state index >= 15 is 0 Å². The van der Waals surface area contributed by atoms with Gasteiger partial charge >= 0.3 is 6.18 Å². The predicted molar refractivity (Wildman–Crippen MR) is 122 cm³/mol. The molecule has 0 spiro atoms. The van der Waals surface area contributed by atoms with Gasteiger partial charge in [-0.3, -0.25) is 4.90 Å². The van der Waals surface area contributed by atoms with Gasteiger partial charge in [0.15, 0.2) is 0 Å². The summed E-state index contributed by atoms with van der Waals surface area (Å²) in [6, 6.07) is 4.65. The van der Waals surface area contributed by atoms with Crippen LogP contribution in [0, 0.1) is 19.7 Å². The van der Waals surface area contributed by atoms with Gasteiger partial charge in [0.05, 0.1) is 18.1 Å². The van der Waals surface area contributed by atoms with E-state index in [1.165, 1.54) is 11.0 Å². The Morgan fingerprint density at radius 3 is 2.41 bits per heavy atom. The third-order valence-electron chi connectivity index (χ3n) is 5.83. The number of rotatable bonds is 5. The summed E-state index contributed by atoms with van der Waals surface area (Å²) in [5, 5.41) is 3.97. The van der Waals surface area contributed by atoms with Crippen molar-refractivity contribution in [2.45, 2.75) is 33.0 Å². The maximum absolute atomic E-state index is 14.2. The van der Waals surface area contributed by atoms with Crippen LogP contribution in [0.4, 0.5) is 35.3 Å². The molecule has 3 aromatic rings. The van der Waals surface area contributed by atoms with E-state index in [2.05, 4.69) is 20.3 Å². The van der Waals surface area contributed by atoms with Crippen molar-refractivity contribution in [3.05, 3.63) is 41.0 Å². The third-order valence-corrected chi connectivity index (χ3v) is 5.83. The lowest BCUT2D eigenvalue weighted by Crippen LogP contribution is -2.49. The van der Waals surface area contributed by atoms with Crippen molar-refractivity contribution in [2.75, 3.05) is 48.7 Å². The summed E-state index contributed by atoms with van der Waals surface area (Å²) in [6.45, 7) is 5.53. The highest BCUT2D eigenvalue weighted by Crippen LogP contribution is 2.32. The first-order valence-electron chi connectivity index (χ1n) is 10.9. The molecule has 1 atom stereocenters. The maximum atomic E-state index is 14.2. The number of pyridine rings is 1. The van der Waals surface area contributed by atoms with Gasteiger partial charge in [-0.15, -0.1) is 0 Å². The highest BCUT2D eigenvalue weighted by Gasteiger charge is 2.33. The number of nitrogens with zero attached hydrogens (tertiary/aromatic N) is 6. The molecule has 2 aromatic heterocycles. The SMILES string of the molecule is Cc1nc(N)nc(NC(C)c2cc3ccc(F)c(C)c3nc2N2CCN(CC(F)(F)F)CC2)n1. The zero-order chi connectivity index (χ0) is 24.6. The molecule has 1 fully saturated rings. The molecule has 0 amide bonds. The molecule has 1 aliphatic heterocycles. The van der Waals surface area contributed by atoms with E-state index in [0.717, 1.165) is 10.9 Å². The first-order chi connectivity index (χ1) is 16.0. The lowest BCUT2D eigenvalue weighted by molar-refractivity contribution is -0.146. The zero-order valence-corrected chi connectivity index (χ0v) is 19.1. The van der Waals surface area contributed by atoms with Gasteiger partial charge in [0.25, 0.3) is 0 Å². The van der Waals surface area contributed by atoms with E-state index < -0.39 is 12.7 Å². The number of fused-ring (bicyclic) bond motifs is 1. The number of piperazine rings is 1. The normalized spacial score (nSPS) is 16.1. The number of nitrogen functional groups attached to an aromatic ring is 1. The molecule has 182 valence electrons. The molecule has 0 saturated carbocycles. The molecule has 4 rings (SSSR count). The lowest BCUT2D eigenvalue weighted by Gasteiger charge is -2.37. The van der Waals surface area contributed by atoms with Gasteiger partial charge in [-0.05, 0) is 39.0 Å².